The van der Waals surface area contributed by atoms with Gasteiger partial charge in [0.25, 0.3) is 0 Å². The van der Waals surface area contributed by atoms with Crippen LogP contribution in [0.4, 0.5) is 10.6 Å². The number of anilines is 1. The van der Waals surface area contributed by atoms with E-state index in [1.54, 1.807) is 31.0 Å². The molecule has 1 aliphatic rings. The summed E-state index contributed by atoms with van der Waals surface area (Å²) in [7, 11) is 0. The first kappa shape index (κ1) is 14.4. The van der Waals surface area contributed by atoms with Crippen molar-refractivity contribution in [2.24, 2.45) is 0 Å². The number of amides is 2. The van der Waals surface area contributed by atoms with Crippen LogP contribution in [0.5, 0.6) is 0 Å². The lowest BCUT2D eigenvalue weighted by atomic mass is 9.97. The van der Waals surface area contributed by atoms with Gasteiger partial charge in [0.1, 0.15) is 11.6 Å². The molecule has 0 saturated carbocycles. The van der Waals surface area contributed by atoms with Crippen molar-refractivity contribution in [2.75, 3.05) is 18.4 Å². The zero-order valence-corrected chi connectivity index (χ0v) is 12.6. The Morgan fingerprint density at radius 1 is 1.27 bits per heavy atom. The minimum absolute atomic E-state index is 0.141. The summed E-state index contributed by atoms with van der Waals surface area (Å²) in [5.41, 5.74) is 0. The molecule has 8 nitrogen and oxygen atoms in total. The molecule has 0 aromatic carbocycles. The molecule has 116 valence electrons. The Morgan fingerprint density at radius 3 is 2.68 bits per heavy atom. The molecule has 1 aliphatic heterocycles. The number of rotatable bonds is 2. The molecule has 0 radical (unpaired) electrons. The number of likely N-dealkylation sites (tertiary alicyclic amines) is 1. The minimum atomic E-state index is -0.141. The van der Waals surface area contributed by atoms with E-state index in [1.165, 1.54) is 0 Å². The highest BCUT2D eigenvalue weighted by Gasteiger charge is 2.27. The lowest BCUT2D eigenvalue weighted by molar-refractivity contribution is 0.187. The number of nitrogens with zero attached hydrogens (tertiary/aromatic N) is 5. The van der Waals surface area contributed by atoms with Crippen LogP contribution in [-0.4, -0.2) is 44.1 Å². The smallest absolute Gasteiger partial charge is 0.323 e. The number of urea groups is 1. The fraction of sp³-hybridized carbons (Fsp3) is 0.500. The molecule has 0 unspecified atom stereocenters. The molecule has 0 atom stereocenters. The van der Waals surface area contributed by atoms with Gasteiger partial charge >= 0.3 is 6.03 Å². The number of carbonyl (C=O) groups excluding carboxylic acids is 1. The maximum atomic E-state index is 12.2. The molecule has 2 amide bonds. The Bertz CT molecular complexity index is 663. The molecule has 0 aliphatic carbocycles. The van der Waals surface area contributed by atoms with Gasteiger partial charge in [0.15, 0.2) is 5.82 Å². The second-order valence-corrected chi connectivity index (χ2v) is 5.36. The molecule has 0 bridgehead atoms. The Kier molecular flexibility index (Phi) is 3.99. The second-order valence-electron chi connectivity index (χ2n) is 5.36. The standard InChI is InChI=1S/C14H18N6O2/c1-9-15-6-3-12(16-9)18-14(21)20-7-4-11(5-8-20)13-17-10(2)19-22-13/h3,6,11H,4-5,7-8H2,1-2H3,(H,15,16,18,21). The van der Waals surface area contributed by atoms with Crippen LogP contribution < -0.4 is 5.32 Å². The van der Waals surface area contributed by atoms with Gasteiger partial charge in [0.05, 0.1) is 0 Å². The Morgan fingerprint density at radius 2 is 2.05 bits per heavy atom. The molecule has 2 aromatic heterocycles. The average molecular weight is 302 g/mol. The third kappa shape index (κ3) is 3.21. The van der Waals surface area contributed by atoms with Gasteiger partial charge < -0.3 is 9.42 Å². The van der Waals surface area contributed by atoms with Crippen molar-refractivity contribution >= 4 is 11.8 Å². The van der Waals surface area contributed by atoms with E-state index in [0.29, 0.717) is 36.4 Å². The first-order chi connectivity index (χ1) is 10.6. The van der Waals surface area contributed by atoms with Crippen LogP contribution in [-0.2, 0) is 0 Å². The monoisotopic (exact) mass is 302 g/mol. The zero-order valence-electron chi connectivity index (χ0n) is 12.6. The van der Waals surface area contributed by atoms with E-state index in [0.717, 1.165) is 12.8 Å². The summed E-state index contributed by atoms with van der Waals surface area (Å²) in [6.07, 6.45) is 3.26. The summed E-state index contributed by atoms with van der Waals surface area (Å²) in [6, 6.07) is 1.54. The number of aryl methyl sites for hydroxylation is 2. The summed E-state index contributed by atoms with van der Waals surface area (Å²) < 4.78 is 5.21. The first-order valence-electron chi connectivity index (χ1n) is 7.27. The first-order valence-corrected chi connectivity index (χ1v) is 7.27. The predicted molar refractivity (Wildman–Crippen MR) is 78.4 cm³/mol. The lowest BCUT2D eigenvalue weighted by Gasteiger charge is -2.30. The Balaban J connectivity index is 1.55. The molecule has 3 heterocycles. The molecule has 1 saturated heterocycles. The lowest BCUT2D eigenvalue weighted by Crippen LogP contribution is -2.40. The number of hydrogen-bond acceptors (Lipinski definition) is 6. The number of piperidine rings is 1. The van der Waals surface area contributed by atoms with Crippen LogP contribution >= 0.6 is 0 Å². The Labute approximate surface area is 127 Å². The fourth-order valence-electron chi connectivity index (χ4n) is 2.52. The number of carbonyl (C=O) groups is 1. The van der Waals surface area contributed by atoms with Crippen LogP contribution in [0.15, 0.2) is 16.8 Å². The summed E-state index contributed by atoms with van der Waals surface area (Å²) in [4.78, 5) is 26.4. The van der Waals surface area contributed by atoms with Crippen molar-refractivity contribution in [2.45, 2.75) is 32.6 Å². The molecule has 1 fully saturated rings. The normalized spacial score (nSPS) is 15.8. The quantitative estimate of drug-likeness (QED) is 0.909. The van der Waals surface area contributed by atoms with E-state index in [9.17, 15) is 4.79 Å². The highest BCUT2D eigenvalue weighted by molar-refractivity contribution is 5.88. The molecular formula is C14H18N6O2. The number of aromatic nitrogens is 4. The van der Waals surface area contributed by atoms with Crippen LogP contribution in [0.1, 0.15) is 36.3 Å². The van der Waals surface area contributed by atoms with Gasteiger partial charge in [-0.25, -0.2) is 14.8 Å². The van der Waals surface area contributed by atoms with Crippen LogP contribution in [0, 0.1) is 13.8 Å². The third-order valence-electron chi connectivity index (χ3n) is 3.69. The van der Waals surface area contributed by atoms with Crippen molar-refractivity contribution in [3.8, 4) is 0 Å². The van der Waals surface area contributed by atoms with Gasteiger partial charge in [-0.05, 0) is 32.8 Å². The van der Waals surface area contributed by atoms with Gasteiger partial charge in [-0.1, -0.05) is 5.16 Å². The number of hydrogen-bond donors (Lipinski definition) is 1. The van der Waals surface area contributed by atoms with Gasteiger partial charge in [-0.2, -0.15) is 4.98 Å². The summed E-state index contributed by atoms with van der Waals surface area (Å²) in [5, 5.41) is 6.61. The van der Waals surface area contributed by atoms with Crippen molar-refractivity contribution in [1.29, 1.82) is 0 Å². The maximum Gasteiger partial charge on any atom is 0.323 e. The van der Waals surface area contributed by atoms with E-state index in [1.807, 2.05) is 0 Å². The van der Waals surface area contributed by atoms with Gasteiger partial charge in [-0.3, -0.25) is 5.32 Å². The SMILES string of the molecule is Cc1nccc(NC(=O)N2CCC(c3nc(C)no3)CC2)n1. The van der Waals surface area contributed by atoms with E-state index in [4.69, 9.17) is 4.52 Å². The molecular weight excluding hydrogens is 284 g/mol. The van der Waals surface area contributed by atoms with Gasteiger partial charge in [-0.15, -0.1) is 0 Å². The maximum absolute atomic E-state index is 12.2. The number of nitrogens with one attached hydrogen (secondary N) is 1. The molecule has 22 heavy (non-hydrogen) atoms. The average Bonchev–Trinajstić information content (AvgIpc) is 2.94. The zero-order chi connectivity index (χ0) is 15.5. The fourth-order valence-corrected chi connectivity index (χ4v) is 2.52. The highest BCUT2D eigenvalue weighted by atomic mass is 16.5. The van der Waals surface area contributed by atoms with Gasteiger partial charge in [0.2, 0.25) is 5.89 Å². The molecule has 1 N–H and O–H groups in total. The van der Waals surface area contributed by atoms with Crippen LogP contribution in [0.25, 0.3) is 0 Å². The molecule has 0 spiro atoms. The summed E-state index contributed by atoms with van der Waals surface area (Å²) in [5.74, 6) is 2.69. The van der Waals surface area contributed by atoms with Crippen molar-refractivity contribution < 1.29 is 9.32 Å². The molecule has 3 rings (SSSR count). The highest BCUT2D eigenvalue weighted by Crippen LogP contribution is 2.26. The molecule has 8 heteroatoms. The minimum Gasteiger partial charge on any atom is -0.339 e. The van der Waals surface area contributed by atoms with Crippen molar-refractivity contribution in [3.63, 3.8) is 0 Å². The van der Waals surface area contributed by atoms with Crippen LogP contribution in [0.3, 0.4) is 0 Å². The van der Waals surface area contributed by atoms with E-state index >= 15 is 0 Å². The second kappa shape index (κ2) is 6.08. The van der Waals surface area contributed by atoms with E-state index in [2.05, 4.69) is 25.4 Å². The molecule has 2 aromatic rings. The third-order valence-corrected chi connectivity index (χ3v) is 3.69. The largest absolute Gasteiger partial charge is 0.339 e. The van der Waals surface area contributed by atoms with E-state index < -0.39 is 0 Å². The van der Waals surface area contributed by atoms with Crippen LogP contribution in [0.2, 0.25) is 0 Å². The van der Waals surface area contributed by atoms with E-state index in [-0.39, 0.29) is 11.9 Å². The predicted octanol–water partition coefficient (Wildman–Crippen LogP) is 1.89. The van der Waals surface area contributed by atoms with Crippen molar-refractivity contribution in [3.05, 3.63) is 29.8 Å². The topological polar surface area (TPSA) is 97.0 Å². The Hall–Kier alpha value is -2.51. The summed E-state index contributed by atoms with van der Waals surface area (Å²) >= 11 is 0. The summed E-state index contributed by atoms with van der Waals surface area (Å²) in [6.45, 7) is 4.90. The van der Waals surface area contributed by atoms with Crippen molar-refractivity contribution in [1.82, 2.24) is 25.0 Å². The van der Waals surface area contributed by atoms with Gasteiger partial charge in [0, 0.05) is 25.2 Å².